The van der Waals surface area contributed by atoms with E-state index in [1.165, 1.54) is 29.5 Å². The molecule has 1 unspecified atom stereocenters. The van der Waals surface area contributed by atoms with Gasteiger partial charge in [-0.1, -0.05) is 30.3 Å². The third kappa shape index (κ3) is 8.17. The first-order valence-corrected chi connectivity index (χ1v) is 14.1. The molecule has 11 nitrogen and oxygen atoms in total. The first-order valence-electron chi connectivity index (χ1n) is 13.2. The van der Waals surface area contributed by atoms with E-state index in [0.717, 1.165) is 5.56 Å². The molecule has 0 spiro atoms. The summed E-state index contributed by atoms with van der Waals surface area (Å²) in [5.74, 6) is -1.31. The molecule has 2 aromatic heterocycles. The van der Waals surface area contributed by atoms with Crippen LogP contribution in [0.25, 0.3) is 0 Å². The fourth-order valence-electron chi connectivity index (χ4n) is 4.22. The van der Waals surface area contributed by atoms with Crippen LogP contribution in [0, 0.1) is 6.92 Å². The molecule has 0 saturated heterocycles. The molecule has 0 bridgehead atoms. The van der Waals surface area contributed by atoms with Crippen LogP contribution in [-0.4, -0.2) is 48.1 Å². The summed E-state index contributed by atoms with van der Waals surface area (Å²) < 4.78 is 5.45. The van der Waals surface area contributed by atoms with Crippen LogP contribution in [0.3, 0.4) is 0 Å². The van der Waals surface area contributed by atoms with E-state index in [-0.39, 0.29) is 24.7 Å². The van der Waals surface area contributed by atoms with E-state index in [9.17, 15) is 24.3 Å². The van der Waals surface area contributed by atoms with Crippen molar-refractivity contribution in [3.63, 3.8) is 0 Å². The van der Waals surface area contributed by atoms with Gasteiger partial charge >= 0.3 is 12.0 Å². The third-order valence-corrected chi connectivity index (χ3v) is 7.45. The summed E-state index contributed by atoms with van der Waals surface area (Å²) in [4.78, 5) is 55.8. The second kappa shape index (κ2) is 14.1. The smallest absolute Gasteiger partial charge is 0.323 e. The van der Waals surface area contributed by atoms with Crippen molar-refractivity contribution >= 4 is 52.2 Å². The minimum Gasteiger partial charge on any atom is -0.495 e. The van der Waals surface area contributed by atoms with Crippen molar-refractivity contribution in [2.75, 3.05) is 29.7 Å². The van der Waals surface area contributed by atoms with E-state index in [1.807, 2.05) is 25.1 Å². The number of aromatic nitrogens is 1. The Morgan fingerprint density at radius 2 is 1.77 bits per heavy atom. The van der Waals surface area contributed by atoms with Gasteiger partial charge in [0.1, 0.15) is 5.75 Å². The Morgan fingerprint density at radius 1 is 1.00 bits per heavy atom. The van der Waals surface area contributed by atoms with Crippen molar-refractivity contribution in [3.8, 4) is 5.75 Å². The third-order valence-electron chi connectivity index (χ3n) is 6.58. The van der Waals surface area contributed by atoms with Crippen molar-refractivity contribution < 1.29 is 29.0 Å². The number of aryl methyl sites for hydroxylation is 1. The molecule has 0 radical (unpaired) electrons. The topological polar surface area (TPSA) is 150 Å². The number of hydrogen-bond acceptors (Lipinski definition) is 7. The van der Waals surface area contributed by atoms with Gasteiger partial charge < -0.3 is 30.7 Å². The Balaban J connectivity index is 1.40. The number of carboxylic acid groups (broad SMARTS) is 1. The number of carbonyl (C=O) groups is 4. The van der Waals surface area contributed by atoms with E-state index in [1.54, 1.807) is 61.0 Å². The predicted molar refractivity (Wildman–Crippen MR) is 165 cm³/mol. The first-order chi connectivity index (χ1) is 20.6. The van der Waals surface area contributed by atoms with Crippen molar-refractivity contribution in [1.29, 1.82) is 0 Å². The quantitative estimate of drug-likeness (QED) is 0.183. The predicted octanol–water partition coefficient (Wildman–Crippen LogP) is 5.26. The number of methoxy groups -OCH3 is 1. The molecule has 222 valence electrons. The van der Waals surface area contributed by atoms with Crippen molar-refractivity contribution in [3.05, 3.63) is 100 Å². The summed E-state index contributed by atoms with van der Waals surface area (Å²) in [6.07, 6.45) is 1.15. The second-order valence-electron chi connectivity index (χ2n) is 9.60. The average Bonchev–Trinajstić information content (AvgIpc) is 3.54. The number of likely N-dealkylation sites (N-methyl/N-ethyl adjacent to an activating group) is 1. The van der Waals surface area contributed by atoms with Gasteiger partial charge in [-0.05, 0) is 59.8 Å². The molecule has 12 heteroatoms. The van der Waals surface area contributed by atoms with Gasteiger partial charge in [-0.25, -0.2) is 4.79 Å². The number of hydrogen-bond donors (Lipinski definition) is 4. The van der Waals surface area contributed by atoms with Gasteiger partial charge in [0.05, 0.1) is 54.1 Å². The van der Waals surface area contributed by atoms with Crippen LogP contribution in [0.1, 0.15) is 39.0 Å². The molecular weight excluding hydrogens is 570 g/mol. The SMILES string of the molecule is COc1cc(CC(=O)N(C)c2ccc(C(CC(=O)O)NC(=O)c3cccs3)nc2)ccc1NC(=O)Nc1ccccc1C. The molecule has 0 aliphatic rings. The zero-order chi connectivity index (χ0) is 30.9. The number of para-hydroxylation sites is 1. The van der Waals surface area contributed by atoms with Crippen LogP contribution in [0.15, 0.2) is 78.3 Å². The highest BCUT2D eigenvalue weighted by Crippen LogP contribution is 2.27. The number of carbonyl (C=O) groups excluding carboxylic acids is 3. The first kappa shape index (κ1) is 30.7. The van der Waals surface area contributed by atoms with E-state index >= 15 is 0 Å². The summed E-state index contributed by atoms with van der Waals surface area (Å²) >= 11 is 1.25. The van der Waals surface area contributed by atoms with Crippen molar-refractivity contribution in [2.45, 2.75) is 25.8 Å². The Kier molecular flexibility index (Phi) is 10.1. The molecular formula is C31H31N5O6S. The number of ether oxygens (including phenoxy) is 1. The molecule has 1 atom stereocenters. The highest BCUT2D eigenvalue weighted by molar-refractivity contribution is 7.12. The number of nitrogens with zero attached hydrogens (tertiary/aromatic N) is 2. The maximum Gasteiger partial charge on any atom is 0.323 e. The van der Waals surface area contributed by atoms with E-state index < -0.39 is 18.0 Å². The zero-order valence-electron chi connectivity index (χ0n) is 23.8. The van der Waals surface area contributed by atoms with Crippen LogP contribution in [0.4, 0.5) is 21.9 Å². The lowest BCUT2D eigenvalue weighted by atomic mass is 10.1. The zero-order valence-corrected chi connectivity index (χ0v) is 24.6. The number of rotatable bonds is 11. The number of nitrogens with one attached hydrogen (secondary N) is 3. The lowest BCUT2D eigenvalue weighted by Crippen LogP contribution is -2.31. The average molecular weight is 602 g/mol. The molecule has 2 aromatic carbocycles. The lowest BCUT2D eigenvalue weighted by molar-refractivity contribution is -0.137. The molecule has 0 aliphatic heterocycles. The number of anilines is 3. The van der Waals surface area contributed by atoms with Gasteiger partial charge in [0.2, 0.25) is 5.91 Å². The minimum atomic E-state index is -1.08. The molecule has 4 amide bonds. The molecule has 0 saturated carbocycles. The molecule has 4 aromatic rings. The molecule has 0 fully saturated rings. The number of benzene rings is 2. The van der Waals surface area contributed by atoms with E-state index in [2.05, 4.69) is 20.9 Å². The lowest BCUT2D eigenvalue weighted by Gasteiger charge is -2.20. The Hall–Kier alpha value is -5.23. The minimum absolute atomic E-state index is 0.0445. The molecule has 0 aliphatic carbocycles. The number of carboxylic acids is 1. The maximum atomic E-state index is 13.1. The number of thiophene rings is 1. The highest BCUT2D eigenvalue weighted by Gasteiger charge is 2.22. The van der Waals surface area contributed by atoms with Crippen LogP contribution in [-0.2, 0) is 16.0 Å². The highest BCUT2D eigenvalue weighted by atomic mass is 32.1. The largest absolute Gasteiger partial charge is 0.495 e. The standard InChI is InChI=1S/C31H31N5O6S/c1-19-7-4-5-8-22(19)34-31(41)35-24-12-10-20(15-26(24)42-3)16-28(37)36(2)21-11-13-23(32-18-21)25(17-29(38)39)33-30(40)27-9-6-14-43-27/h4-15,18,25H,16-17H2,1-3H3,(H,33,40)(H,38,39)(H2,34,35,41). The van der Waals surface area contributed by atoms with Crippen molar-refractivity contribution in [2.24, 2.45) is 0 Å². The number of aliphatic carboxylic acids is 1. The summed E-state index contributed by atoms with van der Waals surface area (Å²) in [5.41, 5.74) is 3.57. The number of pyridine rings is 1. The summed E-state index contributed by atoms with van der Waals surface area (Å²) in [6.45, 7) is 1.90. The second-order valence-corrected chi connectivity index (χ2v) is 10.5. The number of urea groups is 1. The molecule has 4 rings (SSSR count). The Labute approximate surface area is 252 Å². The molecule has 2 heterocycles. The van der Waals surface area contributed by atoms with Crippen LogP contribution in [0.2, 0.25) is 0 Å². The van der Waals surface area contributed by atoms with Gasteiger partial charge in [0, 0.05) is 12.7 Å². The van der Waals surface area contributed by atoms with Gasteiger partial charge in [0.25, 0.3) is 5.91 Å². The van der Waals surface area contributed by atoms with Gasteiger partial charge in [-0.15, -0.1) is 11.3 Å². The normalized spacial score (nSPS) is 11.2. The molecule has 4 N–H and O–H groups in total. The Morgan fingerprint density at radius 3 is 2.42 bits per heavy atom. The maximum absolute atomic E-state index is 13.1. The number of amides is 4. The van der Waals surface area contributed by atoms with E-state index in [0.29, 0.717) is 38.9 Å². The summed E-state index contributed by atoms with van der Waals surface area (Å²) in [7, 11) is 3.08. The molecule has 43 heavy (non-hydrogen) atoms. The van der Waals surface area contributed by atoms with Crippen LogP contribution < -0.4 is 25.6 Å². The summed E-state index contributed by atoms with van der Waals surface area (Å²) in [6, 6.07) is 17.8. The van der Waals surface area contributed by atoms with Crippen LogP contribution >= 0.6 is 11.3 Å². The Bertz CT molecular complexity index is 1610. The van der Waals surface area contributed by atoms with Gasteiger partial charge in [-0.3, -0.25) is 19.4 Å². The van der Waals surface area contributed by atoms with E-state index in [4.69, 9.17) is 4.74 Å². The summed E-state index contributed by atoms with van der Waals surface area (Å²) in [5, 5.41) is 19.4. The monoisotopic (exact) mass is 601 g/mol. The fourth-order valence-corrected chi connectivity index (χ4v) is 4.85. The van der Waals surface area contributed by atoms with Gasteiger partial charge in [0.15, 0.2) is 0 Å². The fraction of sp³-hybridized carbons (Fsp3) is 0.194. The van der Waals surface area contributed by atoms with Gasteiger partial charge in [-0.2, -0.15) is 0 Å². The van der Waals surface area contributed by atoms with Crippen molar-refractivity contribution in [1.82, 2.24) is 10.3 Å². The van der Waals surface area contributed by atoms with Crippen LogP contribution in [0.5, 0.6) is 5.75 Å².